The first kappa shape index (κ1) is 20.3. The lowest BCUT2D eigenvalue weighted by Crippen LogP contribution is -2.08. The molecule has 0 heterocycles. The summed E-state index contributed by atoms with van der Waals surface area (Å²) in [5.41, 5.74) is -0.295. The second-order valence-electron chi connectivity index (χ2n) is 4.62. The Hall–Kier alpha value is -0.990. The van der Waals surface area contributed by atoms with E-state index >= 15 is 0 Å². The van der Waals surface area contributed by atoms with Crippen molar-refractivity contribution in [1.29, 1.82) is 0 Å². The molecule has 3 heteroatoms. The molecule has 0 aliphatic heterocycles. The van der Waals surface area contributed by atoms with Crippen LogP contribution < -0.4 is 0 Å². The Balaban J connectivity index is 0. The van der Waals surface area contributed by atoms with Crippen molar-refractivity contribution in [2.75, 3.05) is 0 Å². The molecule has 0 saturated heterocycles. The summed E-state index contributed by atoms with van der Waals surface area (Å²) in [6.07, 6.45) is 6.34. The molecule has 0 spiro atoms. The molecule has 0 aliphatic rings. The van der Waals surface area contributed by atoms with Crippen LogP contribution in [0.15, 0.2) is 36.5 Å². The van der Waals surface area contributed by atoms with Gasteiger partial charge in [-0.05, 0) is 6.92 Å². The number of hydrogen-bond donors (Lipinski definition) is 0. The van der Waals surface area contributed by atoms with Gasteiger partial charge in [0.2, 0.25) is 0 Å². The van der Waals surface area contributed by atoms with Crippen LogP contribution in [0.2, 0.25) is 0 Å². The van der Waals surface area contributed by atoms with Gasteiger partial charge in [-0.15, -0.1) is 0 Å². The van der Waals surface area contributed by atoms with E-state index in [1.165, 1.54) is 44.6 Å². The Kier molecular flexibility index (Phi) is 12.9. The highest BCUT2D eigenvalue weighted by molar-refractivity contribution is 5.25. The topological polar surface area (TPSA) is 0 Å². The van der Waals surface area contributed by atoms with E-state index in [2.05, 4.69) is 27.0 Å². The lowest BCUT2D eigenvalue weighted by Gasteiger charge is -2.03. The van der Waals surface area contributed by atoms with E-state index in [1.54, 1.807) is 6.92 Å². The molecule has 0 atom stereocenters. The minimum absolute atomic E-state index is 0.565. The zero-order valence-electron chi connectivity index (χ0n) is 12.4. The third kappa shape index (κ3) is 17.0. The van der Waals surface area contributed by atoms with Crippen molar-refractivity contribution in [2.24, 2.45) is 0 Å². The average Bonchev–Trinajstić information content (AvgIpc) is 2.31. The van der Waals surface area contributed by atoms with E-state index in [0.29, 0.717) is 5.57 Å². The monoisotopic (exact) mass is 276 g/mol. The van der Waals surface area contributed by atoms with Gasteiger partial charge in [0, 0.05) is 5.57 Å². The van der Waals surface area contributed by atoms with E-state index < -0.39 is 11.7 Å². The highest BCUT2D eigenvalue weighted by atomic mass is 19.4. The third-order valence-electron chi connectivity index (χ3n) is 2.39. The van der Waals surface area contributed by atoms with Crippen LogP contribution in [0.4, 0.5) is 13.2 Å². The minimum atomic E-state index is -4.33. The van der Waals surface area contributed by atoms with Crippen LogP contribution in [-0.4, -0.2) is 6.18 Å². The van der Waals surface area contributed by atoms with Crippen molar-refractivity contribution in [3.8, 4) is 0 Å². The Bertz CT molecular complexity index is 266. The molecule has 0 aromatic carbocycles. The smallest absolute Gasteiger partial charge is 0.166 e. The second-order valence-corrected chi connectivity index (χ2v) is 4.62. The van der Waals surface area contributed by atoms with Crippen LogP contribution in [0.25, 0.3) is 0 Å². The molecule has 0 amide bonds. The van der Waals surface area contributed by atoms with E-state index in [-0.39, 0.29) is 0 Å². The summed E-state index contributed by atoms with van der Waals surface area (Å²) < 4.78 is 35.2. The van der Waals surface area contributed by atoms with Crippen LogP contribution in [-0.2, 0) is 0 Å². The van der Waals surface area contributed by atoms with Gasteiger partial charge in [-0.3, -0.25) is 0 Å². The van der Waals surface area contributed by atoms with Crippen LogP contribution in [0.3, 0.4) is 0 Å². The molecule has 0 fully saturated rings. The number of alkyl halides is 3. The molecule has 0 radical (unpaired) electrons. The fourth-order valence-electron chi connectivity index (χ4n) is 1.19. The van der Waals surface area contributed by atoms with Gasteiger partial charge in [0.05, 0.1) is 0 Å². The van der Waals surface area contributed by atoms with Crippen molar-refractivity contribution in [1.82, 2.24) is 0 Å². The van der Waals surface area contributed by atoms with Gasteiger partial charge in [0.1, 0.15) is 0 Å². The SMILES string of the molecule is C=C(C)/C=C\C(=C)C(F)(F)F.CCCCCCCC. The first-order valence-corrected chi connectivity index (χ1v) is 6.85. The molecule has 0 aromatic heterocycles. The van der Waals surface area contributed by atoms with Crippen LogP contribution >= 0.6 is 0 Å². The maximum Gasteiger partial charge on any atom is 0.415 e. The van der Waals surface area contributed by atoms with Crippen LogP contribution in [0, 0.1) is 0 Å². The Morgan fingerprint density at radius 3 is 1.58 bits per heavy atom. The van der Waals surface area contributed by atoms with Gasteiger partial charge in [-0.2, -0.15) is 13.2 Å². The summed E-state index contributed by atoms with van der Waals surface area (Å²) in [4.78, 5) is 0. The molecule has 19 heavy (non-hydrogen) atoms. The number of hydrogen-bond acceptors (Lipinski definition) is 0. The predicted molar refractivity (Wildman–Crippen MR) is 78.2 cm³/mol. The molecule has 0 rings (SSSR count). The lowest BCUT2D eigenvalue weighted by molar-refractivity contribution is -0.0878. The zero-order valence-corrected chi connectivity index (χ0v) is 12.4. The molecule has 0 aromatic rings. The second kappa shape index (κ2) is 12.1. The summed E-state index contributed by atoms with van der Waals surface area (Å²) in [5.74, 6) is 0. The first-order chi connectivity index (χ1) is 8.75. The number of allylic oxidation sites excluding steroid dienone is 4. The maximum absolute atomic E-state index is 11.7. The van der Waals surface area contributed by atoms with Crippen molar-refractivity contribution in [3.05, 3.63) is 36.5 Å². The van der Waals surface area contributed by atoms with E-state index in [0.717, 1.165) is 6.08 Å². The van der Waals surface area contributed by atoms with E-state index in [4.69, 9.17) is 0 Å². The molecule has 112 valence electrons. The highest BCUT2D eigenvalue weighted by Gasteiger charge is 2.29. The zero-order chi connectivity index (χ0) is 15.3. The van der Waals surface area contributed by atoms with E-state index in [9.17, 15) is 13.2 Å². The van der Waals surface area contributed by atoms with Crippen molar-refractivity contribution < 1.29 is 13.2 Å². The summed E-state index contributed by atoms with van der Waals surface area (Å²) in [7, 11) is 0. The van der Waals surface area contributed by atoms with E-state index in [1.807, 2.05) is 0 Å². The predicted octanol–water partition coefficient (Wildman–Crippen LogP) is 6.60. The summed E-state index contributed by atoms with van der Waals surface area (Å²) in [5, 5.41) is 0. The molecule has 0 saturated carbocycles. The Labute approximate surface area is 116 Å². The first-order valence-electron chi connectivity index (χ1n) is 6.85. The normalized spacial score (nSPS) is 11.1. The fraction of sp³-hybridized carbons (Fsp3) is 0.625. The van der Waals surface area contributed by atoms with Crippen molar-refractivity contribution in [3.63, 3.8) is 0 Å². The van der Waals surface area contributed by atoms with Gasteiger partial charge in [-0.1, -0.05) is 83.3 Å². The molecule has 0 bridgehead atoms. The number of rotatable bonds is 7. The standard InChI is InChI=1S/C8H9F3.C8H18/c1-6(2)4-5-7(3)8(9,10)11;1-3-5-7-8-6-4-2/h4-5H,1,3H2,2H3;3-8H2,1-2H3/b5-4-;. The van der Waals surface area contributed by atoms with Crippen molar-refractivity contribution >= 4 is 0 Å². The lowest BCUT2D eigenvalue weighted by atomic mass is 10.1. The molecular formula is C16H27F3. The minimum Gasteiger partial charge on any atom is -0.166 e. The molecular weight excluding hydrogens is 249 g/mol. The maximum atomic E-state index is 11.7. The Morgan fingerprint density at radius 1 is 0.895 bits per heavy atom. The van der Waals surface area contributed by atoms with Gasteiger partial charge < -0.3 is 0 Å². The summed E-state index contributed by atoms with van der Waals surface area (Å²) >= 11 is 0. The highest BCUT2D eigenvalue weighted by Crippen LogP contribution is 2.24. The van der Waals surface area contributed by atoms with Gasteiger partial charge >= 0.3 is 6.18 Å². The number of unbranched alkanes of at least 4 members (excludes halogenated alkanes) is 5. The van der Waals surface area contributed by atoms with Crippen LogP contribution in [0.1, 0.15) is 59.3 Å². The Morgan fingerprint density at radius 2 is 1.32 bits per heavy atom. The van der Waals surface area contributed by atoms with Crippen LogP contribution in [0.5, 0.6) is 0 Å². The largest absolute Gasteiger partial charge is 0.415 e. The fourth-order valence-corrected chi connectivity index (χ4v) is 1.19. The average molecular weight is 276 g/mol. The van der Waals surface area contributed by atoms with Gasteiger partial charge in [-0.25, -0.2) is 0 Å². The van der Waals surface area contributed by atoms with Gasteiger partial charge in [0.25, 0.3) is 0 Å². The summed E-state index contributed by atoms with van der Waals surface area (Å²) in [6.45, 7) is 12.4. The quantitative estimate of drug-likeness (QED) is 0.363. The molecule has 0 nitrogen and oxygen atoms in total. The molecule has 0 N–H and O–H groups in total. The molecule has 0 unspecified atom stereocenters. The third-order valence-corrected chi connectivity index (χ3v) is 2.39. The molecule has 0 aliphatic carbocycles. The number of halogens is 3. The summed E-state index contributed by atoms with van der Waals surface area (Å²) in [6, 6.07) is 0. The van der Waals surface area contributed by atoms with Crippen molar-refractivity contribution in [2.45, 2.75) is 65.5 Å². The van der Waals surface area contributed by atoms with Gasteiger partial charge in [0.15, 0.2) is 0 Å².